The second kappa shape index (κ2) is 5.18. The van der Waals surface area contributed by atoms with Crippen LogP contribution in [0.25, 0.3) is 0 Å². The van der Waals surface area contributed by atoms with E-state index in [-0.39, 0.29) is 0 Å². The second-order valence-corrected chi connectivity index (χ2v) is 2.11. The molecule has 0 amide bonds. The van der Waals surface area contributed by atoms with Crippen molar-refractivity contribution in [1.29, 1.82) is 0 Å². The zero-order valence-corrected chi connectivity index (χ0v) is 7.23. The molecule has 0 aliphatic heterocycles. The number of nitrogen functional groups attached to an aromatic ring is 1. The average Bonchev–Trinajstić information content (AvgIpc) is 1.91. The Balaban J connectivity index is 0.000000371. The van der Waals surface area contributed by atoms with Gasteiger partial charge < -0.3 is 5.73 Å². The van der Waals surface area contributed by atoms with Crippen LogP contribution in [0.1, 0.15) is 13.8 Å². The first kappa shape index (κ1) is 9.37. The third kappa shape index (κ3) is 3.41. The molecule has 0 radical (unpaired) electrons. The Labute approximate surface area is 67.7 Å². The Bertz CT molecular complexity index is 169. The van der Waals surface area contributed by atoms with Crippen molar-refractivity contribution in [3.8, 4) is 0 Å². The molecule has 0 aliphatic rings. The first-order valence-corrected chi connectivity index (χ1v) is 3.78. The summed E-state index contributed by atoms with van der Waals surface area (Å²) < 4.78 is 0. The molecule has 0 unspecified atom stereocenters. The lowest BCUT2D eigenvalue weighted by Crippen LogP contribution is -1.81. The molecule has 1 rings (SSSR count). The summed E-state index contributed by atoms with van der Waals surface area (Å²) in [6.07, 6.45) is 0. The van der Waals surface area contributed by atoms with Crippen LogP contribution in [-0.4, -0.2) is 0 Å². The molecule has 0 fully saturated rings. The van der Waals surface area contributed by atoms with Gasteiger partial charge in [0.15, 0.2) is 0 Å². The molecule has 0 aromatic heterocycles. The Morgan fingerprint density at radius 3 is 2.20 bits per heavy atom. The van der Waals surface area contributed by atoms with Crippen LogP contribution in [0.4, 0.5) is 5.69 Å². The van der Waals surface area contributed by atoms with Crippen LogP contribution in [0.2, 0.25) is 0 Å². The van der Waals surface area contributed by atoms with Gasteiger partial charge in [0.2, 0.25) is 0 Å². The number of rotatable bonds is 0. The second-order valence-electron chi connectivity index (χ2n) is 1.59. The van der Waals surface area contributed by atoms with Crippen molar-refractivity contribution >= 4 is 18.3 Å². The van der Waals surface area contributed by atoms with E-state index in [4.69, 9.17) is 5.73 Å². The van der Waals surface area contributed by atoms with E-state index in [0.29, 0.717) is 0 Å². The molecule has 1 nitrogen and oxygen atoms in total. The lowest BCUT2D eigenvalue weighted by Gasteiger charge is -1.90. The maximum absolute atomic E-state index is 5.41. The number of benzene rings is 1. The molecule has 1 aromatic carbocycles. The fourth-order valence-corrected chi connectivity index (χ4v) is 0.760. The molecular weight excluding hydrogens is 142 g/mol. The summed E-state index contributed by atoms with van der Waals surface area (Å²) in [6, 6.07) is 7.40. The fourth-order valence-electron chi connectivity index (χ4n) is 0.525. The smallest absolute Gasteiger partial charge is 0.0325 e. The maximum Gasteiger partial charge on any atom is 0.0325 e. The van der Waals surface area contributed by atoms with E-state index in [1.807, 2.05) is 38.1 Å². The van der Waals surface area contributed by atoms with Gasteiger partial charge in [0.05, 0.1) is 0 Å². The zero-order valence-electron chi connectivity index (χ0n) is 6.33. The van der Waals surface area contributed by atoms with Crippen molar-refractivity contribution in [2.24, 2.45) is 0 Å². The molecule has 0 heterocycles. The van der Waals surface area contributed by atoms with E-state index in [1.54, 1.807) is 0 Å². The predicted octanol–water partition coefficient (Wildman–Crippen LogP) is 2.58. The van der Waals surface area contributed by atoms with Crippen LogP contribution in [0, 0.1) is 0 Å². The van der Waals surface area contributed by atoms with Gasteiger partial charge in [0, 0.05) is 10.6 Å². The van der Waals surface area contributed by atoms with Gasteiger partial charge >= 0.3 is 0 Å². The van der Waals surface area contributed by atoms with Crippen molar-refractivity contribution < 1.29 is 0 Å². The summed E-state index contributed by atoms with van der Waals surface area (Å²) in [5.41, 5.74) is 6.17. The Morgan fingerprint density at radius 1 is 1.30 bits per heavy atom. The monoisotopic (exact) mass is 155 g/mol. The van der Waals surface area contributed by atoms with E-state index >= 15 is 0 Å². The van der Waals surface area contributed by atoms with Crippen molar-refractivity contribution in [3.05, 3.63) is 24.3 Å². The minimum absolute atomic E-state index is 0.762. The largest absolute Gasteiger partial charge is 0.399 e. The predicted molar refractivity (Wildman–Crippen MR) is 49.5 cm³/mol. The van der Waals surface area contributed by atoms with Gasteiger partial charge in [-0.1, -0.05) is 19.9 Å². The van der Waals surface area contributed by atoms with Gasteiger partial charge in [-0.3, -0.25) is 0 Å². The Kier molecular flexibility index (Phi) is 4.85. The summed E-state index contributed by atoms with van der Waals surface area (Å²) in [4.78, 5) is 0.907. The topological polar surface area (TPSA) is 26.0 Å². The number of hydrogen-bond acceptors (Lipinski definition) is 2. The average molecular weight is 155 g/mol. The zero-order chi connectivity index (χ0) is 7.98. The first-order valence-electron chi connectivity index (χ1n) is 3.33. The summed E-state index contributed by atoms with van der Waals surface area (Å²) in [5, 5.41) is 0. The van der Waals surface area contributed by atoms with E-state index in [2.05, 4.69) is 12.6 Å². The van der Waals surface area contributed by atoms with Crippen molar-refractivity contribution in [1.82, 2.24) is 0 Å². The SMILES string of the molecule is CC.Nc1cccc(S)c1. The molecule has 56 valence electrons. The van der Waals surface area contributed by atoms with Crippen LogP contribution in [0.15, 0.2) is 29.2 Å². The van der Waals surface area contributed by atoms with E-state index in [1.165, 1.54) is 0 Å². The minimum Gasteiger partial charge on any atom is -0.399 e. The summed E-state index contributed by atoms with van der Waals surface area (Å²) in [7, 11) is 0. The van der Waals surface area contributed by atoms with Crippen molar-refractivity contribution in [3.63, 3.8) is 0 Å². The quantitative estimate of drug-likeness (QED) is 0.437. The Morgan fingerprint density at radius 2 is 1.90 bits per heavy atom. The molecule has 0 bridgehead atoms. The lowest BCUT2D eigenvalue weighted by molar-refractivity contribution is 1.48. The minimum atomic E-state index is 0.762. The molecule has 0 saturated heterocycles. The van der Waals surface area contributed by atoms with Crippen LogP contribution < -0.4 is 5.73 Å². The first-order chi connectivity index (χ1) is 4.79. The van der Waals surface area contributed by atoms with E-state index < -0.39 is 0 Å². The number of hydrogen-bond donors (Lipinski definition) is 2. The summed E-state index contributed by atoms with van der Waals surface area (Å²) in [6.45, 7) is 4.00. The molecule has 0 spiro atoms. The van der Waals surface area contributed by atoms with Crippen molar-refractivity contribution in [2.45, 2.75) is 18.7 Å². The normalized spacial score (nSPS) is 7.90. The molecule has 0 aliphatic carbocycles. The van der Waals surface area contributed by atoms with Gasteiger partial charge in [-0.25, -0.2) is 0 Å². The fraction of sp³-hybridized carbons (Fsp3) is 0.250. The number of anilines is 1. The summed E-state index contributed by atoms with van der Waals surface area (Å²) in [5.74, 6) is 0. The molecule has 2 N–H and O–H groups in total. The van der Waals surface area contributed by atoms with Crippen LogP contribution in [-0.2, 0) is 0 Å². The molecule has 0 atom stereocenters. The van der Waals surface area contributed by atoms with Gasteiger partial charge in [-0.2, -0.15) is 0 Å². The van der Waals surface area contributed by atoms with Gasteiger partial charge in [-0.05, 0) is 18.2 Å². The van der Waals surface area contributed by atoms with Crippen LogP contribution in [0.5, 0.6) is 0 Å². The molecular formula is C8H13NS. The third-order valence-corrected chi connectivity index (χ3v) is 1.15. The van der Waals surface area contributed by atoms with Gasteiger partial charge in [0.25, 0.3) is 0 Å². The third-order valence-electron chi connectivity index (χ3n) is 0.870. The molecule has 2 heteroatoms. The molecule has 10 heavy (non-hydrogen) atoms. The van der Waals surface area contributed by atoms with E-state index in [0.717, 1.165) is 10.6 Å². The Hall–Kier alpha value is -0.630. The van der Waals surface area contributed by atoms with Crippen molar-refractivity contribution in [2.75, 3.05) is 5.73 Å². The highest BCUT2D eigenvalue weighted by molar-refractivity contribution is 7.80. The highest BCUT2D eigenvalue weighted by Crippen LogP contribution is 2.08. The van der Waals surface area contributed by atoms with Crippen LogP contribution in [0.3, 0.4) is 0 Å². The molecule has 0 saturated carbocycles. The summed E-state index contributed by atoms with van der Waals surface area (Å²) >= 11 is 4.07. The highest BCUT2D eigenvalue weighted by Gasteiger charge is 1.82. The standard InChI is InChI=1S/C6H7NS.C2H6/c7-5-2-1-3-6(8)4-5;1-2/h1-4,8H,7H2;1-2H3. The van der Waals surface area contributed by atoms with Gasteiger partial charge in [0.1, 0.15) is 0 Å². The number of thiol groups is 1. The maximum atomic E-state index is 5.41. The highest BCUT2D eigenvalue weighted by atomic mass is 32.1. The molecule has 1 aromatic rings. The number of nitrogens with two attached hydrogens (primary N) is 1. The van der Waals surface area contributed by atoms with Gasteiger partial charge in [-0.15, -0.1) is 12.6 Å². The van der Waals surface area contributed by atoms with E-state index in [9.17, 15) is 0 Å². The van der Waals surface area contributed by atoms with Crippen LogP contribution >= 0.6 is 12.6 Å². The lowest BCUT2D eigenvalue weighted by atomic mass is 10.3.